The number of halogens is 1. The molecule has 0 bridgehead atoms. The Morgan fingerprint density at radius 2 is 2.62 bits per heavy atom. The van der Waals surface area contributed by atoms with Gasteiger partial charge in [0.25, 0.3) is 0 Å². The molecule has 0 saturated heterocycles. The van der Waals surface area contributed by atoms with Crippen molar-refractivity contribution in [3.8, 4) is 0 Å². The third-order valence-electron chi connectivity index (χ3n) is 0.637. The second kappa shape index (κ2) is 2.13. The molecule has 0 saturated carbocycles. The molecule has 0 fully saturated rings. The molecular formula is C5H5BrN2. The van der Waals surface area contributed by atoms with E-state index in [9.17, 15) is 0 Å². The lowest BCUT2D eigenvalue weighted by molar-refractivity contribution is 1.31. The molecule has 0 unspecified atom stereocenters. The Morgan fingerprint density at radius 1 is 1.88 bits per heavy atom. The van der Waals surface area contributed by atoms with Gasteiger partial charge in [-0.2, -0.15) is 0 Å². The van der Waals surface area contributed by atoms with Crippen molar-refractivity contribution in [3.63, 3.8) is 0 Å². The van der Waals surface area contributed by atoms with Gasteiger partial charge in [0.1, 0.15) is 0 Å². The van der Waals surface area contributed by atoms with Crippen LogP contribution >= 0.6 is 15.9 Å². The van der Waals surface area contributed by atoms with Crippen LogP contribution in [0, 0.1) is 0 Å². The van der Waals surface area contributed by atoms with Crippen LogP contribution in [0.25, 0.3) is 0 Å². The molecule has 8 heavy (non-hydrogen) atoms. The van der Waals surface area contributed by atoms with Crippen LogP contribution in [0.1, 0.15) is 4.11 Å². The van der Waals surface area contributed by atoms with Gasteiger partial charge in [-0.1, -0.05) is 0 Å². The Bertz CT molecular complexity index is 276. The van der Waals surface area contributed by atoms with Gasteiger partial charge in [0.05, 0.1) is 8.58 Å². The van der Waals surface area contributed by atoms with E-state index in [4.69, 9.17) is 9.85 Å². The molecule has 1 heterocycles. The van der Waals surface area contributed by atoms with Gasteiger partial charge >= 0.3 is 0 Å². The molecule has 0 aliphatic heterocycles. The highest BCUT2D eigenvalue weighted by Crippen LogP contribution is 2.14. The molecule has 0 amide bonds. The molecule has 2 N–H and O–H groups in total. The number of anilines is 1. The summed E-state index contributed by atoms with van der Waals surface area (Å²) in [6.07, 6.45) is -0.376. The highest BCUT2D eigenvalue weighted by atomic mass is 79.9. The molecule has 42 valence electrons. The van der Waals surface area contributed by atoms with Crippen LogP contribution in [0.15, 0.2) is 22.9 Å². The summed E-state index contributed by atoms with van der Waals surface area (Å²) in [6.45, 7) is 0. The molecular weight excluding hydrogens is 168 g/mol. The van der Waals surface area contributed by atoms with Gasteiger partial charge < -0.3 is 5.73 Å². The van der Waals surface area contributed by atoms with Crippen molar-refractivity contribution in [2.75, 3.05) is 5.73 Å². The van der Waals surface area contributed by atoms with Crippen molar-refractivity contribution in [1.82, 2.24) is 4.98 Å². The zero-order valence-electron chi connectivity index (χ0n) is 6.90. The minimum atomic E-state index is -0.268. The molecule has 0 aliphatic rings. The largest absolute Gasteiger partial charge is 0.398 e. The topological polar surface area (TPSA) is 38.9 Å². The number of hydrogen-bond donors (Lipinski definition) is 1. The third kappa shape index (κ3) is 0.980. The summed E-state index contributed by atoms with van der Waals surface area (Å²) in [4.78, 5) is 3.45. The van der Waals surface area contributed by atoms with Gasteiger partial charge in [-0.05, 0) is 22.0 Å². The number of nitrogens with zero attached hydrogens (tertiary/aromatic N) is 1. The average molecular weight is 176 g/mol. The first-order valence-corrected chi connectivity index (χ1v) is 2.72. The van der Waals surface area contributed by atoms with E-state index in [1.165, 1.54) is 0 Å². The quantitative estimate of drug-likeness (QED) is 0.649. The van der Waals surface area contributed by atoms with Crippen LogP contribution < -0.4 is 5.73 Å². The Balaban J connectivity index is 3.46. The Morgan fingerprint density at radius 3 is 3.38 bits per heavy atom. The van der Waals surface area contributed by atoms with Crippen molar-refractivity contribution in [1.29, 1.82) is 0 Å². The van der Waals surface area contributed by atoms with Crippen molar-refractivity contribution in [3.05, 3.63) is 22.9 Å². The first-order chi connectivity index (χ1) is 5.04. The van der Waals surface area contributed by atoms with Crippen LogP contribution in [-0.2, 0) is 0 Å². The normalized spacial score (nSPS) is 14.4. The molecule has 1 aromatic heterocycles. The molecule has 2 nitrogen and oxygen atoms in total. The Hall–Kier alpha value is -0.570. The smallest absolute Gasteiger partial charge is 0.0853 e. The number of nitrogen functional groups attached to an aromatic ring is 1. The second-order valence-electron chi connectivity index (χ2n) is 1.19. The van der Waals surface area contributed by atoms with Crippen LogP contribution in [-0.4, -0.2) is 4.98 Å². The highest BCUT2D eigenvalue weighted by Gasteiger charge is 1.87. The summed E-state index contributed by atoms with van der Waals surface area (Å²) < 4.78 is 21.7. The molecule has 1 aromatic rings. The Kier molecular flexibility index (Phi) is 0.753. The zero-order valence-corrected chi connectivity index (χ0v) is 5.49. The number of pyridine rings is 1. The summed E-state index contributed by atoms with van der Waals surface area (Å²) in [7, 11) is 0. The molecule has 0 radical (unpaired) electrons. The van der Waals surface area contributed by atoms with Crippen molar-refractivity contribution in [2.45, 2.75) is 0 Å². The lowest BCUT2D eigenvalue weighted by atomic mass is 10.4. The van der Waals surface area contributed by atoms with Crippen molar-refractivity contribution >= 4 is 21.6 Å². The first kappa shape index (κ1) is 2.82. The predicted octanol–water partition coefficient (Wildman–Crippen LogP) is 1.43. The van der Waals surface area contributed by atoms with E-state index in [1.807, 2.05) is 0 Å². The average Bonchev–Trinajstić information content (AvgIpc) is 1.97. The fourth-order valence-electron chi connectivity index (χ4n) is 0.280. The summed E-state index contributed by atoms with van der Waals surface area (Å²) in [5.41, 5.74) is 5.46. The summed E-state index contributed by atoms with van der Waals surface area (Å²) in [6, 6.07) is -0.145. The standard InChI is InChI=1S/C5H5BrN2/c6-4-3-8-2-1-5(4)7/h1-3H,(H2,7,8)/i1D,2D,3D. The molecule has 0 aromatic carbocycles. The first-order valence-electron chi connectivity index (χ1n) is 3.42. The Labute approximate surface area is 60.1 Å². The molecule has 0 atom stereocenters. The zero-order chi connectivity index (χ0) is 8.59. The van der Waals surface area contributed by atoms with Crippen LogP contribution in [0.5, 0.6) is 0 Å². The van der Waals surface area contributed by atoms with Gasteiger partial charge in [-0.25, -0.2) is 0 Å². The van der Waals surface area contributed by atoms with Crippen molar-refractivity contribution in [2.24, 2.45) is 0 Å². The summed E-state index contributed by atoms with van der Waals surface area (Å²) >= 11 is 2.99. The lowest BCUT2D eigenvalue weighted by Crippen LogP contribution is -1.84. The van der Waals surface area contributed by atoms with Crippen LogP contribution in [0.3, 0.4) is 0 Å². The molecule has 0 aliphatic carbocycles. The number of rotatable bonds is 0. The maximum atomic E-state index is 7.19. The van der Waals surface area contributed by atoms with Crippen molar-refractivity contribution < 1.29 is 4.11 Å². The van der Waals surface area contributed by atoms with Crippen LogP contribution in [0.2, 0.25) is 0 Å². The summed E-state index contributed by atoms with van der Waals surface area (Å²) in [5, 5.41) is 0. The fourth-order valence-corrected chi connectivity index (χ4v) is 0.468. The maximum absolute atomic E-state index is 7.19. The van der Waals surface area contributed by atoms with E-state index in [0.717, 1.165) is 0 Å². The van der Waals surface area contributed by atoms with E-state index < -0.39 is 0 Å². The van der Waals surface area contributed by atoms with Gasteiger partial charge in [-0.15, -0.1) is 0 Å². The third-order valence-corrected chi connectivity index (χ3v) is 1.24. The molecule has 1 rings (SSSR count). The minimum absolute atomic E-state index is 0.0926. The van der Waals surface area contributed by atoms with Crippen LogP contribution in [0.4, 0.5) is 5.69 Å². The number of nitrogens with two attached hydrogens (primary N) is 1. The molecule has 0 spiro atoms. The highest BCUT2D eigenvalue weighted by molar-refractivity contribution is 9.10. The number of aromatic nitrogens is 1. The molecule has 3 heteroatoms. The van der Waals surface area contributed by atoms with E-state index in [0.29, 0.717) is 0 Å². The van der Waals surface area contributed by atoms with Gasteiger partial charge in [0, 0.05) is 18.0 Å². The summed E-state index contributed by atoms with van der Waals surface area (Å²) in [5.74, 6) is 0. The second-order valence-corrected chi connectivity index (χ2v) is 1.98. The minimum Gasteiger partial charge on any atom is -0.398 e. The monoisotopic (exact) mass is 175 g/mol. The van der Waals surface area contributed by atoms with E-state index in [2.05, 4.69) is 20.9 Å². The maximum Gasteiger partial charge on any atom is 0.0853 e. The van der Waals surface area contributed by atoms with E-state index >= 15 is 0 Å². The SMILES string of the molecule is [2H]c1nc([2H])c(Br)c(N)c1[2H]. The van der Waals surface area contributed by atoms with E-state index in [-0.39, 0.29) is 28.5 Å². The lowest BCUT2D eigenvalue weighted by Gasteiger charge is -1.91. The van der Waals surface area contributed by atoms with Gasteiger partial charge in [-0.3, -0.25) is 4.98 Å². The predicted molar refractivity (Wildman–Crippen MR) is 36.3 cm³/mol. The van der Waals surface area contributed by atoms with Gasteiger partial charge in [0.15, 0.2) is 0 Å². The van der Waals surface area contributed by atoms with E-state index in [1.54, 1.807) is 0 Å². The fraction of sp³-hybridized carbons (Fsp3) is 0. The number of hydrogen-bond acceptors (Lipinski definition) is 2. The van der Waals surface area contributed by atoms with Gasteiger partial charge in [0.2, 0.25) is 0 Å².